The van der Waals surface area contributed by atoms with Gasteiger partial charge in [-0.05, 0) is 43.7 Å². The van der Waals surface area contributed by atoms with Crippen LogP contribution >= 0.6 is 0 Å². The molecule has 1 aromatic carbocycles. The van der Waals surface area contributed by atoms with Gasteiger partial charge in [0.05, 0.1) is 5.92 Å². The van der Waals surface area contributed by atoms with Gasteiger partial charge in [-0.3, -0.25) is 9.59 Å². The molecule has 2 amide bonds. The van der Waals surface area contributed by atoms with Gasteiger partial charge < -0.3 is 10.2 Å². The second-order valence-electron chi connectivity index (χ2n) is 7.52. The van der Waals surface area contributed by atoms with Crippen LogP contribution in [0.15, 0.2) is 18.2 Å². The average Bonchev–Trinajstić information content (AvgIpc) is 3.49. The highest BCUT2D eigenvalue weighted by Gasteiger charge is 2.43. The standard InChI is InChI=1S/C19H22F2N2O2/c20-13-5-6-14(16(21)8-13)15-9-17(15)22-18(24)12-2-1-7-23(10-12)19(25)11-3-4-11/h5-6,8,11-12,15,17H,1-4,7,9-10H2,(H,22,24). The second kappa shape index (κ2) is 6.39. The summed E-state index contributed by atoms with van der Waals surface area (Å²) in [6.45, 7) is 1.23. The summed E-state index contributed by atoms with van der Waals surface area (Å²) < 4.78 is 26.8. The number of hydrogen-bond acceptors (Lipinski definition) is 2. The van der Waals surface area contributed by atoms with Gasteiger partial charge in [-0.15, -0.1) is 0 Å². The maximum Gasteiger partial charge on any atom is 0.225 e. The fraction of sp³-hybridized carbons (Fsp3) is 0.579. The minimum Gasteiger partial charge on any atom is -0.352 e. The number of carbonyl (C=O) groups excluding carboxylic acids is 2. The van der Waals surface area contributed by atoms with Crippen molar-refractivity contribution in [3.05, 3.63) is 35.4 Å². The van der Waals surface area contributed by atoms with E-state index in [4.69, 9.17) is 0 Å². The average molecular weight is 348 g/mol. The first-order chi connectivity index (χ1) is 12.0. The van der Waals surface area contributed by atoms with Gasteiger partial charge in [0.2, 0.25) is 11.8 Å². The van der Waals surface area contributed by atoms with Crippen LogP contribution in [-0.4, -0.2) is 35.8 Å². The molecule has 3 fully saturated rings. The van der Waals surface area contributed by atoms with Gasteiger partial charge in [0.1, 0.15) is 11.6 Å². The lowest BCUT2D eigenvalue weighted by molar-refractivity contribution is -0.136. The highest BCUT2D eigenvalue weighted by Crippen LogP contribution is 2.42. The van der Waals surface area contributed by atoms with Crippen molar-refractivity contribution in [1.29, 1.82) is 0 Å². The number of piperidine rings is 1. The molecule has 1 aliphatic heterocycles. The van der Waals surface area contributed by atoms with Crippen molar-refractivity contribution in [3.63, 3.8) is 0 Å². The molecule has 1 N–H and O–H groups in total. The van der Waals surface area contributed by atoms with E-state index in [1.807, 2.05) is 4.90 Å². The third-order valence-corrected chi connectivity index (χ3v) is 5.51. The fourth-order valence-corrected chi connectivity index (χ4v) is 3.78. The lowest BCUT2D eigenvalue weighted by Crippen LogP contribution is -2.46. The topological polar surface area (TPSA) is 49.4 Å². The number of nitrogens with zero attached hydrogens (tertiary/aromatic N) is 1. The quantitative estimate of drug-likeness (QED) is 0.909. The summed E-state index contributed by atoms with van der Waals surface area (Å²) in [5, 5.41) is 2.98. The normalized spacial score (nSPS) is 28.6. The van der Waals surface area contributed by atoms with Crippen molar-refractivity contribution in [2.24, 2.45) is 11.8 Å². The number of halogens is 2. The van der Waals surface area contributed by atoms with Crippen molar-refractivity contribution < 1.29 is 18.4 Å². The Morgan fingerprint density at radius 3 is 2.64 bits per heavy atom. The van der Waals surface area contributed by atoms with Gasteiger partial charge >= 0.3 is 0 Å². The zero-order valence-electron chi connectivity index (χ0n) is 14.0. The Balaban J connectivity index is 1.32. The largest absolute Gasteiger partial charge is 0.352 e. The zero-order chi connectivity index (χ0) is 17.6. The molecule has 25 heavy (non-hydrogen) atoms. The highest BCUT2D eigenvalue weighted by molar-refractivity contribution is 5.83. The second-order valence-corrected chi connectivity index (χ2v) is 7.52. The lowest BCUT2D eigenvalue weighted by atomic mass is 9.96. The number of amides is 2. The van der Waals surface area contributed by atoms with E-state index in [0.29, 0.717) is 18.5 Å². The van der Waals surface area contributed by atoms with Gasteiger partial charge in [-0.25, -0.2) is 8.78 Å². The number of nitrogens with one attached hydrogen (secondary N) is 1. The monoisotopic (exact) mass is 348 g/mol. The number of carbonyl (C=O) groups is 2. The van der Waals surface area contributed by atoms with Gasteiger partial charge in [0.15, 0.2) is 0 Å². The van der Waals surface area contributed by atoms with Crippen LogP contribution < -0.4 is 5.32 Å². The van der Waals surface area contributed by atoms with Crippen molar-refractivity contribution >= 4 is 11.8 Å². The van der Waals surface area contributed by atoms with Gasteiger partial charge in [0.25, 0.3) is 0 Å². The first-order valence-electron chi connectivity index (χ1n) is 9.07. The third-order valence-electron chi connectivity index (χ3n) is 5.51. The Labute approximate surface area is 145 Å². The first kappa shape index (κ1) is 16.5. The molecule has 3 aliphatic rings. The van der Waals surface area contributed by atoms with E-state index in [1.165, 1.54) is 12.1 Å². The van der Waals surface area contributed by atoms with Crippen LogP contribution in [0.5, 0.6) is 0 Å². The lowest BCUT2D eigenvalue weighted by Gasteiger charge is -2.32. The SMILES string of the molecule is O=C(NC1CC1c1ccc(F)cc1F)C1CCCN(C(=O)C2CC2)C1. The molecule has 0 spiro atoms. The number of rotatable bonds is 4. The molecule has 4 nitrogen and oxygen atoms in total. The van der Waals surface area contributed by atoms with E-state index in [0.717, 1.165) is 38.3 Å². The first-order valence-corrected chi connectivity index (χ1v) is 9.07. The Bertz CT molecular complexity index is 705. The van der Waals surface area contributed by atoms with Crippen molar-refractivity contribution in [2.45, 2.75) is 44.1 Å². The number of hydrogen-bond donors (Lipinski definition) is 1. The van der Waals surface area contributed by atoms with E-state index in [9.17, 15) is 18.4 Å². The van der Waals surface area contributed by atoms with Gasteiger partial charge in [0, 0.05) is 37.0 Å². The molecule has 4 rings (SSSR count). The maximum absolute atomic E-state index is 13.8. The van der Waals surface area contributed by atoms with E-state index >= 15 is 0 Å². The summed E-state index contributed by atoms with van der Waals surface area (Å²) >= 11 is 0. The molecule has 0 bridgehead atoms. The molecule has 3 atom stereocenters. The molecule has 134 valence electrons. The van der Waals surface area contributed by atoms with Crippen LogP contribution in [-0.2, 0) is 9.59 Å². The molecular weight excluding hydrogens is 326 g/mol. The molecule has 1 heterocycles. The highest BCUT2D eigenvalue weighted by atomic mass is 19.1. The van der Waals surface area contributed by atoms with Crippen molar-refractivity contribution in [2.75, 3.05) is 13.1 Å². The van der Waals surface area contributed by atoms with E-state index in [-0.39, 0.29) is 35.6 Å². The zero-order valence-corrected chi connectivity index (χ0v) is 14.0. The molecule has 2 saturated carbocycles. The predicted octanol–water partition coefficient (Wildman–Crippen LogP) is 2.59. The molecule has 1 aromatic rings. The van der Waals surface area contributed by atoms with Crippen LogP contribution in [0.1, 0.15) is 43.6 Å². The van der Waals surface area contributed by atoms with Crippen LogP contribution in [0.2, 0.25) is 0 Å². The Hall–Kier alpha value is -1.98. The van der Waals surface area contributed by atoms with E-state index in [1.54, 1.807) is 0 Å². The Morgan fingerprint density at radius 1 is 1.12 bits per heavy atom. The van der Waals surface area contributed by atoms with Crippen LogP contribution in [0.3, 0.4) is 0 Å². The smallest absolute Gasteiger partial charge is 0.225 e. The molecular formula is C19H22F2N2O2. The minimum atomic E-state index is -0.592. The number of likely N-dealkylation sites (tertiary alicyclic amines) is 1. The minimum absolute atomic E-state index is 0.0525. The predicted molar refractivity (Wildman–Crippen MR) is 87.7 cm³/mol. The fourth-order valence-electron chi connectivity index (χ4n) is 3.78. The summed E-state index contributed by atoms with van der Waals surface area (Å²) in [5.74, 6) is -1.10. The molecule has 6 heteroatoms. The summed E-state index contributed by atoms with van der Waals surface area (Å²) in [6, 6.07) is 3.49. The summed E-state index contributed by atoms with van der Waals surface area (Å²) in [5.41, 5.74) is 0.459. The maximum atomic E-state index is 13.8. The van der Waals surface area contributed by atoms with E-state index < -0.39 is 11.6 Å². The Morgan fingerprint density at radius 2 is 1.92 bits per heavy atom. The van der Waals surface area contributed by atoms with E-state index in [2.05, 4.69) is 5.32 Å². The third kappa shape index (κ3) is 3.53. The van der Waals surface area contributed by atoms with Crippen LogP contribution in [0.4, 0.5) is 8.78 Å². The van der Waals surface area contributed by atoms with Gasteiger partial charge in [-0.1, -0.05) is 6.07 Å². The van der Waals surface area contributed by atoms with Crippen molar-refractivity contribution in [3.8, 4) is 0 Å². The number of benzene rings is 1. The van der Waals surface area contributed by atoms with Crippen LogP contribution in [0, 0.1) is 23.5 Å². The van der Waals surface area contributed by atoms with Crippen molar-refractivity contribution in [1.82, 2.24) is 10.2 Å². The summed E-state index contributed by atoms with van der Waals surface area (Å²) in [7, 11) is 0. The van der Waals surface area contributed by atoms with Crippen LogP contribution in [0.25, 0.3) is 0 Å². The summed E-state index contributed by atoms with van der Waals surface area (Å²) in [6.07, 6.45) is 4.24. The molecule has 0 radical (unpaired) electrons. The molecule has 3 unspecified atom stereocenters. The van der Waals surface area contributed by atoms with Gasteiger partial charge in [-0.2, -0.15) is 0 Å². The molecule has 0 aromatic heterocycles. The Kier molecular flexibility index (Phi) is 4.21. The summed E-state index contributed by atoms with van der Waals surface area (Å²) in [4.78, 5) is 26.5. The molecule has 2 aliphatic carbocycles. The molecule has 1 saturated heterocycles.